The molecule has 1 aromatic heterocycles. The number of benzene rings is 3. The van der Waals surface area contributed by atoms with E-state index in [-0.39, 0.29) is 59.9 Å². The highest BCUT2D eigenvalue weighted by atomic mass is 19.1. The normalized spacial score (nSPS) is 19.1. The van der Waals surface area contributed by atoms with E-state index in [9.17, 15) is 33.2 Å². The van der Waals surface area contributed by atoms with Crippen LogP contribution in [0.25, 0.3) is 10.9 Å². The summed E-state index contributed by atoms with van der Waals surface area (Å²) in [5, 5.41) is 8.98. The molecule has 0 spiro atoms. The third kappa shape index (κ3) is 11.3. The van der Waals surface area contributed by atoms with Crippen LogP contribution in [0.2, 0.25) is 0 Å². The SMILES string of the molecule is C[C@@H](C(=O)Nc1ccc(OCCCCCCCCCCNC(=O)COc2cccc3c2C(=O)N(C2CCC(=O)NC2=O)C3=O)cc1)C1CCC(c2ccnc3ccc(F)cc23)CC1. The van der Waals surface area contributed by atoms with Gasteiger partial charge in [0.1, 0.15) is 23.4 Å². The Morgan fingerprint density at radius 2 is 1.57 bits per heavy atom. The van der Waals surface area contributed by atoms with Gasteiger partial charge in [0, 0.05) is 36.2 Å². The maximum absolute atomic E-state index is 14.0. The number of aromatic nitrogens is 1. The first-order chi connectivity index (χ1) is 30.6. The molecule has 0 radical (unpaired) electrons. The van der Waals surface area contributed by atoms with E-state index in [0.717, 1.165) is 110 Å². The first-order valence-electron chi connectivity index (χ1n) is 22.4. The van der Waals surface area contributed by atoms with Crippen LogP contribution in [0.4, 0.5) is 10.1 Å². The zero-order valence-electron chi connectivity index (χ0n) is 35.8. The lowest BCUT2D eigenvalue weighted by molar-refractivity contribution is -0.136. The average Bonchev–Trinajstić information content (AvgIpc) is 3.54. The van der Waals surface area contributed by atoms with Gasteiger partial charge in [0.25, 0.3) is 17.7 Å². The van der Waals surface area contributed by atoms with Crippen molar-refractivity contribution in [3.05, 3.63) is 95.4 Å². The van der Waals surface area contributed by atoms with Crippen LogP contribution in [0.5, 0.6) is 11.5 Å². The number of imide groups is 2. The molecular weight excluding hydrogens is 806 g/mol. The Morgan fingerprint density at radius 3 is 2.32 bits per heavy atom. The van der Waals surface area contributed by atoms with Crippen molar-refractivity contribution in [3.63, 3.8) is 0 Å². The Balaban J connectivity index is 0.700. The van der Waals surface area contributed by atoms with Gasteiger partial charge in [-0.25, -0.2) is 4.39 Å². The number of hydrogen-bond donors (Lipinski definition) is 3. The minimum absolute atomic E-state index is 0.00951. The number of unbranched alkanes of at least 4 members (excludes halogenated alkanes) is 7. The highest BCUT2D eigenvalue weighted by Gasteiger charge is 2.46. The molecule has 1 saturated carbocycles. The Labute approximate surface area is 366 Å². The molecule has 1 saturated heterocycles. The first kappa shape index (κ1) is 44.9. The van der Waals surface area contributed by atoms with Crippen molar-refractivity contribution in [3.8, 4) is 11.5 Å². The van der Waals surface area contributed by atoms with Crippen LogP contribution in [-0.2, 0) is 19.2 Å². The second-order valence-electron chi connectivity index (χ2n) is 16.9. The van der Waals surface area contributed by atoms with Crippen molar-refractivity contribution < 1.29 is 42.6 Å². The quantitative estimate of drug-likeness (QED) is 0.0588. The van der Waals surface area contributed by atoms with Gasteiger partial charge in [-0.15, -0.1) is 0 Å². The summed E-state index contributed by atoms with van der Waals surface area (Å²) in [5.74, 6) is -1.66. The van der Waals surface area contributed by atoms with Gasteiger partial charge in [-0.1, -0.05) is 51.5 Å². The molecule has 0 bridgehead atoms. The number of carbonyl (C=O) groups excluding carboxylic acids is 6. The number of halogens is 1. The van der Waals surface area contributed by atoms with Gasteiger partial charge >= 0.3 is 0 Å². The van der Waals surface area contributed by atoms with Gasteiger partial charge in [0.15, 0.2) is 6.61 Å². The molecular formula is C49H56FN5O8. The molecule has 3 heterocycles. The number of rotatable bonds is 20. The van der Waals surface area contributed by atoms with Crippen molar-refractivity contribution in [2.75, 3.05) is 25.1 Å². The van der Waals surface area contributed by atoms with Crippen molar-refractivity contribution in [1.82, 2.24) is 20.5 Å². The highest BCUT2D eigenvalue weighted by molar-refractivity contribution is 6.24. The monoisotopic (exact) mass is 861 g/mol. The number of nitrogens with one attached hydrogen (secondary N) is 3. The second-order valence-corrected chi connectivity index (χ2v) is 16.9. The van der Waals surface area contributed by atoms with E-state index in [1.807, 2.05) is 37.3 Å². The van der Waals surface area contributed by atoms with E-state index >= 15 is 0 Å². The summed E-state index contributed by atoms with van der Waals surface area (Å²) in [6.45, 7) is 2.81. The molecule has 1 aliphatic carbocycles. The van der Waals surface area contributed by atoms with Gasteiger partial charge in [0.05, 0.1) is 23.3 Å². The second kappa shape index (κ2) is 21.3. The topological polar surface area (TPSA) is 173 Å². The summed E-state index contributed by atoms with van der Waals surface area (Å²) in [6.07, 6.45) is 13.9. The predicted molar refractivity (Wildman–Crippen MR) is 235 cm³/mol. The third-order valence-electron chi connectivity index (χ3n) is 12.6. The van der Waals surface area contributed by atoms with Crippen LogP contribution < -0.4 is 25.4 Å². The molecule has 3 aliphatic rings. The summed E-state index contributed by atoms with van der Waals surface area (Å²) < 4.78 is 25.6. The predicted octanol–water partition coefficient (Wildman–Crippen LogP) is 8.02. The number of fused-ring (bicyclic) bond motifs is 2. The van der Waals surface area contributed by atoms with Gasteiger partial charge in [0.2, 0.25) is 17.7 Å². The number of piperidine rings is 1. The maximum Gasteiger partial charge on any atom is 0.266 e. The van der Waals surface area contributed by atoms with Crippen molar-refractivity contribution in [1.29, 1.82) is 0 Å². The molecule has 3 N–H and O–H groups in total. The van der Waals surface area contributed by atoms with E-state index in [1.54, 1.807) is 24.4 Å². The fourth-order valence-electron chi connectivity index (χ4n) is 9.03. The number of carbonyl (C=O) groups is 6. The Morgan fingerprint density at radius 1 is 0.841 bits per heavy atom. The fraction of sp³-hybridized carbons (Fsp3) is 0.449. The number of hydrogen-bond acceptors (Lipinski definition) is 9. The van der Waals surface area contributed by atoms with Gasteiger partial charge in [-0.3, -0.25) is 44.0 Å². The molecule has 2 aliphatic heterocycles. The average molecular weight is 862 g/mol. The molecule has 332 valence electrons. The minimum atomic E-state index is -1.08. The molecule has 1 unspecified atom stereocenters. The number of pyridine rings is 1. The number of ether oxygens (including phenoxy) is 2. The van der Waals surface area contributed by atoms with Crippen molar-refractivity contribution in [2.45, 2.75) is 109 Å². The number of nitrogens with zero attached hydrogens (tertiary/aromatic N) is 2. The summed E-state index contributed by atoms with van der Waals surface area (Å²) >= 11 is 0. The molecule has 13 nitrogen and oxygen atoms in total. The van der Waals surface area contributed by atoms with Crippen LogP contribution in [0.1, 0.15) is 129 Å². The lowest BCUT2D eigenvalue weighted by Crippen LogP contribution is -2.54. The van der Waals surface area contributed by atoms with Crippen LogP contribution in [0, 0.1) is 17.7 Å². The summed E-state index contributed by atoms with van der Waals surface area (Å²) in [4.78, 5) is 81.1. The molecule has 6 amide bonds. The minimum Gasteiger partial charge on any atom is -0.494 e. The zero-order valence-corrected chi connectivity index (χ0v) is 35.8. The van der Waals surface area contributed by atoms with Crippen LogP contribution in [0.15, 0.2) is 72.9 Å². The standard InChI is InChI=1S/C49H56FN5O8/c1-31(32-13-15-33(16-14-32)37-25-27-51-40-22-17-34(50)29-39(37)40)46(58)53-35-18-20-36(21-19-35)62-28-9-7-5-3-2-4-6-8-26-52-44(57)30-63-42-12-10-11-38-45(42)49(61)55(48(38)60)41-23-24-43(56)54-47(41)59/h10-12,17-22,25,27,29,31-33,41H,2-9,13-16,23-24,26,28,30H2,1H3,(H,52,57)(H,53,58)(H,54,56,59)/t31-,32?,33?,41?/m1/s1. The highest BCUT2D eigenvalue weighted by Crippen LogP contribution is 2.41. The lowest BCUT2D eigenvalue weighted by atomic mass is 9.73. The molecule has 3 aromatic carbocycles. The van der Waals surface area contributed by atoms with Gasteiger partial charge in [-0.05, 0) is 123 Å². The molecule has 2 fully saturated rings. The zero-order chi connectivity index (χ0) is 44.3. The number of anilines is 1. The Kier molecular flexibility index (Phi) is 15.1. The summed E-state index contributed by atoms with van der Waals surface area (Å²) in [5.41, 5.74) is 2.82. The number of amides is 6. The van der Waals surface area contributed by atoms with E-state index < -0.39 is 29.7 Å². The fourth-order valence-corrected chi connectivity index (χ4v) is 9.03. The van der Waals surface area contributed by atoms with E-state index in [2.05, 4.69) is 20.9 Å². The first-order valence-corrected chi connectivity index (χ1v) is 22.4. The summed E-state index contributed by atoms with van der Waals surface area (Å²) in [7, 11) is 0. The molecule has 7 rings (SSSR count). The Bertz CT molecular complexity index is 2310. The van der Waals surface area contributed by atoms with E-state index in [0.29, 0.717) is 25.0 Å². The van der Waals surface area contributed by atoms with E-state index in [4.69, 9.17) is 9.47 Å². The van der Waals surface area contributed by atoms with Crippen LogP contribution in [-0.4, -0.2) is 71.1 Å². The van der Waals surface area contributed by atoms with Gasteiger partial charge < -0.3 is 20.1 Å². The Hall–Kier alpha value is -6.18. The lowest BCUT2D eigenvalue weighted by Gasteiger charge is -2.32. The van der Waals surface area contributed by atoms with Crippen molar-refractivity contribution >= 4 is 52.0 Å². The van der Waals surface area contributed by atoms with Crippen LogP contribution in [0.3, 0.4) is 0 Å². The molecule has 14 heteroatoms. The largest absolute Gasteiger partial charge is 0.494 e. The third-order valence-corrected chi connectivity index (χ3v) is 12.6. The van der Waals surface area contributed by atoms with Crippen molar-refractivity contribution in [2.24, 2.45) is 11.8 Å². The summed E-state index contributed by atoms with van der Waals surface area (Å²) in [6, 6.07) is 17.8. The van der Waals surface area contributed by atoms with Crippen LogP contribution >= 0.6 is 0 Å². The molecule has 63 heavy (non-hydrogen) atoms. The smallest absolute Gasteiger partial charge is 0.266 e. The molecule has 4 aromatic rings. The van der Waals surface area contributed by atoms with Gasteiger partial charge in [-0.2, -0.15) is 0 Å². The molecule has 2 atom stereocenters. The van der Waals surface area contributed by atoms with E-state index in [1.165, 1.54) is 18.2 Å². The maximum atomic E-state index is 14.0.